The first-order chi connectivity index (χ1) is 9.75. The van der Waals surface area contributed by atoms with Crippen LogP contribution in [0.3, 0.4) is 0 Å². The van der Waals surface area contributed by atoms with Gasteiger partial charge in [0.05, 0.1) is 5.75 Å². The zero-order chi connectivity index (χ0) is 15.9. The van der Waals surface area contributed by atoms with Crippen molar-refractivity contribution in [3.8, 4) is 0 Å². The number of carboxylic acid groups (broad SMARTS) is 1. The number of hydrogen-bond donors (Lipinski definition) is 4. The Hall–Kier alpha value is -1.35. The highest BCUT2D eigenvalue weighted by molar-refractivity contribution is 7.89. The Bertz CT molecular complexity index is 469. The Labute approximate surface area is 124 Å². The van der Waals surface area contributed by atoms with Gasteiger partial charge in [0.1, 0.15) is 5.54 Å². The summed E-state index contributed by atoms with van der Waals surface area (Å²) in [6.07, 6.45) is 4.46. The van der Waals surface area contributed by atoms with E-state index in [1.165, 1.54) is 0 Å². The molecule has 0 aromatic heterocycles. The van der Waals surface area contributed by atoms with Gasteiger partial charge in [-0.2, -0.15) is 0 Å². The van der Waals surface area contributed by atoms with Crippen LogP contribution in [0.1, 0.15) is 44.9 Å². The van der Waals surface area contributed by atoms with Gasteiger partial charge in [0.15, 0.2) is 0 Å². The third kappa shape index (κ3) is 6.30. The van der Waals surface area contributed by atoms with Crippen LogP contribution in [0.15, 0.2) is 0 Å². The summed E-state index contributed by atoms with van der Waals surface area (Å²) >= 11 is 0. The third-order valence-electron chi connectivity index (χ3n) is 3.61. The lowest BCUT2D eigenvalue weighted by Gasteiger charge is -2.29. The van der Waals surface area contributed by atoms with Crippen molar-refractivity contribution in [3.63, 3.8) is 0 Å². The Morgan fingerprint density at radius 2 is 1.71 bits per heavy atom. The van der Waals surface area contributed by atoms with E-state index >= 15 is 0 Å². The van der Waals surface area contributed by atoms with Crippen molar-refractivity contribution in [2.75, 3.05) is 12.3 Å². The van der Waals surface area contributed by atoms with Gasteiger partial charge in [-0.15, -0.1) is 0 Å². The zero-order valence-electron chi connectivity index (χ0n) is 11.9. The molecule has 5 N–H and O–H groups in total. The molecule has 1 fully saturated rings. The largest absolute Gasteiger partial charge is 0.480 e. The number of nitrogens with one attached hydrogen (secondary N) is 2. The first-order valence-electron chi connectivity index (χ1n) is 7.05. The molecule has 1 saturated carbocycles. The fourth-order valence-corrected chi connectivity index (χ4v) is 3.01. The number of nitrogens with two attached hydrogens (primary N) is 1. The van der Waals surface area contributed by atoms with Crippen LogP contribution in [0, 0.1) is 0 Å². The fraction of sp³-hybridized carbons (Fsp3) is 0.833. The summed E-state index contributed by atoms with van der Waals surface area (Å²) in [6.45, 7) is 0.123. The third-order valence-corrected chi connectivity index (χ3v) is 4.47. The number of primary sulfonamides is 1. The molecule has 0 aromatic rings. The van der Waals surface area contributed by atoms with Crippen LogP contribution in [0.25, 0.3) is 0 Å². The van der Waals surface area contributed by atoms with Gasteiger partial charge in [0.2, 0.25) is 10.0 Å². The van der Waals surface area contributed by atoms with Gasteiger partial charge in [-0.25, -0.2) is 23.1 Å². The van der Waals surface area contributed by atoms with Crippen LogP contribution in [0.4, 0.5) is 4.79 Å². The van der Waals surface area contributed by atoms with E-state index in [1.807, 2.05) is 0 Å². The van der Waals surface area contributed by atoms with Crippen LogP contribution in [-0.2, 0) is 14.8 Å². The molecule has 1 aliphatic carbocycles. The van der Waals surface area contributed by atoms with Gasteiger partial charge in [0, 0.05) is 6.54 Å². The van der Waals surface area contributed by atoms with Crippen LogP contribution in [-0.4, -0.2) is 43.4 Å². The predicted molar refractivity (Wildman–Crippen MR) is 77.2 cm³/mol. The van der Waals surface area contributed by atoms with E-state index < -0.39 is 27.6 Å². The molecule has 1 aliphatic rings. The summed E-state index contributed by atoms with van der Waals surface area (Å²) < 4.78 is 21.5. The van der Waals surface area contributed by atoms with Crippen molar-refractivity contribution >= 4 is 22.0 Å². The summed E-state index contributed by atoms with van der Waals surface area (Å²) in [4.78, 5) is 23.3. The Morgan fingerprint density at radius 3 is 2.19 bits per heavy atom. The van der Waals surface area contributed by atoms with E-state index in [9.17, 15) is 23.1 Å². The Morgan fingerprint density at radius 1 is 1.14 bits per heavy atom. The number of urea groups is 1. The Balaban J connectivity index is 2.47. The SMILES string of the molecule is NS(=O)(=O)CCCNC(=O)NC1(C(=O)O)CCCCCC1. The van der Waals surface area contributed by atoms with Crippen molar-refractivity contribution in [2.45, 2.75) is 50.5 Å². The summed E-state index contributed by atoms with van der Waals surface area (Å²) in [6, 6.07) is -0.589. The molecule has 0 spiro atoms. The Kier molecular flexibility index (Phi) is 6.41. The van der Waals surface area contributed by atoms with Gasteiger partial charge in [0.25, 0.3) is 0 Å². The van der Waals surface area contributed by atoms with E-state index in [-0.39, 0.29) is 18.7 Å². The lowest BCUT2D eigenvalue weighted by Crippen LogP contribution is -2.57. The number of carbonyl (C=O) groups is 2. The molecule has 0 aromatic carbocycles. The highest BCUT2D eigenvalue weighted by atomic mass is 32.2. The van der Waals surface area contributed by atoms with Gasteiger partial charge >= 0.3 is 12.0 Å². The topological polar surface area (TPSA) is 139 Å². The number of carboxylic acids is 1. The molecule has 0 heterocycles. The monoisotopic (exact) mass is 321 g/mol. The van der Waals surface area contributed by atoms with Gasteiger partial charge in [-0.05, 0) is 19.3 Å². The van der Waals surface area contributed by atoms with E-state index in [0.717, 1.165) is 25.7 Å². The minimum Gasteiger partial charge on any atom is -0.480 e. The molecule has 122 valence electrons. The minimum absolute atomic E-state index is 0.123. The molecule has 0 unspecified atom stereocenters. The van der Waals surface area contributed by atoms with Crippen molar-refractivity contribution in [1.82, 2.24) is 10.6 Å². The van der Waals surface area contributed by atoms with Gasteiger partial charge in [-0.3, -0.25) is 0 Å². The lowest BCUT2D eigenvalue weighted by atomic mass is 9.90. The van der Waals surface area contributed by atoms with Crippen molar-refractivity contribution in [2.24, 2.45) is 5.14 Å². The molecular weight excluding hydrogens is 298 g/mol. The summed E-state index contributed by atoms with van der Waals surface area (Å²) in [5.74, 6) is -1.25. The fourth-order valence-electron chi connectivity index (χ4n) is 2.46. The maximum atomic E-state index is 11.8. The van der Waals surface area contributed by atoms with Gasteiger partial charge < -0.3 is 15.7 Å². The van der Waals surface area contributed by atoms with E-state index in [0.29, 0.717) is 12.8 Å². The lowest BCUT2D eigenvalue weighted by molar-refractivity contribution is -0.145. The summed E-state index contributed by atoms with van der Waals surface area (Å²) in [5.41, 5.74) is -1.22. The quantitative estimate of drug-likeness (QED) is 0.407. The highest BCUT2D eigenvalue weighted by Gasteiger charge is 2.39. The van der Waals surface area contributed by atoms with E-state index in [1.54, 1.807) is 0 Å². The van der Waals surface area contributed by atoms with Crippen molar-refractivity contribution < 1.29 is 23.1 Å². The number of hydrogen-bond acceptors (Lipinski definition) is 4. The van der Waals surface area contributed by atoms with Crippen LogP contribution >= 0.6 is 0 Å². The molecule has 0 atom stereocenters. The molecule has 0 radical (unpaired) electrons. The second-order valence-corrected chi connectivity index (χ2v) is 7.14. The van der Waals surface area contributed by atoms with Crippen molar-refractivity contribution in [1.29, 1.82) is 0 Å². The zero-order valence-corrected chi connectivity index (χ0v) is 12.7. The number of amides is 2. The predicted octanol–water partition coefficient (Wildman–Crippen LogP) is 0.142. The van der Waals surface area contributed by atoms with Gasteiger partial charge in [-0.1, -0.05) is 25.7 Å². The summed E-state index contributed by atoms with van der Waals surface area (Å²) in [5, 5.41) is 19.3. The normalized spacial score (nSPS) is 18.5. The highest BCUT2D eigenvalue weighted by Crippen LogP contribution is 2.27. The maximum absolute atomic E-state index is 11.8. The minimum atomic E-state index is -3.55. The molecule has 8 nitrogen and oxygen atoms in total. The standard InChI is InChI=1S/C12H23N3O5S/c13-21(19,20)9-5-8-14-11(18)15-12(10(16)17)6-3-1-2-4-7-12/h1-9H2,(H,16,17)(H2,13,19,20)(H2,14,15,18). The molecule has 9 heteroatoms. The van der Waals surface area contributed by atoms with Crippen LogP contribution < -0.4 is 15.8 Å². The first kappa shape index (κ1) is 17.7. The molecule has 21 heavy (non-hydrogen) atoms. The average Bonchev–Trinajstić information content (AvgIpc) is 2.60. The smallest absolute Gasteiger partial charge is 0.329 e. The molecule has 0 aliphatic heterocycles. The number of aliphatic carboxylic acids is 1. The first-order valence-corrected chi connectivity index (χ1v) is 8.77. The molecular formula is C12H23N3O5S. The average molecular weight is 321 g/mol. The second-order valence-electron chi connectivity index (χ2n) is 5.40. The maximum Gasteiger partial charge on any atom is 0.329 e. The van der Waals surface area contributed by atoms with E-state index in [4.69, 9.17) is 5.14 Å². The number of carbonyl (C=O) groups excluding carboxylic acids is 1. The molecule has 2 amide bonds. The summed E-state index contributed by atoms with van der Waals surface area (Å²) in [7, 11) is -3.55. The number of sulfonamides is 1. The molecule has 0 saturated heterocycles. The van der Waals surface area contributed by atoms with Crippen LogP contribution in [0.2, 0.25) is 0 Å². The van der Waals surface area contributed by atoms with Crippen molar-refractivity contribution in [3.05, 3.63) is 0 Å². The number of rotatable bonds is 6. The second kappa shape index (κ2) is 7.60. The van der Waals surface area contributed by atoms with E-state index in [2.05, 4.69) is 10.6 Å². The van der Waals surface area contributed by atoms with Crippen LogP contribution in [0.5, 0.6) is 0 Å². The molecule has 0 bridgehead atoms. The molecule has 1 rings (SSSR count).